The Morgan fingerprint density at radius 2 is 2.29 bits per heavy atom. The molecule has 1 saturated heterocycles. The van der Waals surface area contributed by atoms with Gasteiger partial charge < -0.3 is 14.7 Å². The number of aromatic carboxylic acids is 1. The Kier molecular flexibility index (Phi) is 6.14. The summed E-state index contributed by atoms with van der Waals surface area (Å²) in [7, 11) is -0.408. The van der Waals surface area contributed by atoms with E-state index < -0.39 is 21.2 Å². The van der Waals surface area contributed by atoms with Gasteiger partial charge in [-0.3, -0.25) is 0 Å². The summed E-state index contributed by atoms with van der Waals surface area (Å²) in [4.78, 5) is 17.3. The molecule has 1 atom stereocenters. The third-order valence-corrected chi connectivity index (χ3v) is 6.44. The van der Waals surface area contributed by atoms with E-state index in [2.05, 4.69) is 4.98 Å². The van der Waals surface area contributed by atoms with Crippen molar-refractivity contribution in [3.8, 4) is 0 Å². The standard InChI is InChI=1S/C15H23N3O5S/c1-17(9-10-23-2)24(21,22)12-5-4-8-18(11-12)14-13(15(19)20)6-3-7-16-14/h3,6-7,12H,4-5,8-11H2,1-2H3,(H,19,20). The largest absolute Gasteiger partial charge is 0.478 e. The van der Waals surface area contributed by atoms with Crippen molar-refractivity contribution in [2.75, 3.05) is 45.3 Å². The molecular formula is C15H23N3O5S. The number of ether oxygens (including phenoxy) is 1. The fourth-order valence-electron chi connectivity index (χ4n) is 2.79. The second-order valence-corrected chi connectivity index (χ2v) is 8.07. The molecule has 0 aliphatic carbocycles. The Morgan fingerprint density at radius 1 is 1.54 bits per heavy atom. The number of carboxylic acid groups (broad SMARTS) is 1. The molecule has 1 aromatic heterocycles. The van der Waals surface area contributed by atoms with Crippen LogP contribution in [0.15, 0.2) is 18.3 Å². The first kappa shape index (κ1) is 18.6. The lowest BCUT2D eigenvalue weighted by Gasteiger charge is -2.35. The van der Waals surface area contributed by atoms with Gasteiger partial charge in [0.1, 0.15) is 11.4 Å². The SMILES string of the molecule is COCCN(C)S(=O)(=O)C1CCCN(c2ncccc2C(=O)O)C1. The second-order valence-electron chi connectivity index (χ2n) is 5.75. The van der Waals surface area contributed by atoms with E-state index in [1.165, 1.54) is 30.7 Å². The number of methoxy groups -OCH3 is 1. The van der Waals surface area contributed by atoms with Gasteiger partial charge in [0, 0.05) is 40.0 Å². The van der Waals surface area contributed by atoms with Crippen molar-refractivity contribution in [3.63, 3.8) is 0 Å². The first-order valence-corrected chi connectivity index (χ1v) is 9.25. The summed E-state index contributed by atoms with van der Waals surface area (Å²) in [6.45, 7) is 1.44. The van der Waals surface area contributed by atoms with Crippen molar-refractivity contribution in [1.29, 1.82) is 0 Å². The number of rotatable bonds is 7. The second kappa shape index (κ2) is 7.91. The number of anilines is 1. The molecule has 1 N–H and O–H groups in total. The van der Waals surface area contributed by atoms with Gasteiger partial charge in [-0.2, -0.15) is 0 Å². The van der Waals surface area contributed by atoms with Crippen LogP contribution in [0.5, 0.6) is 0 Å². The zero-order valence-corrected chi connectivity index (χ0v) is 14.7. The maximum atomic E-state index is 12.7. The van der Waals surface area contributed by atoms with Crippen LogP contribution in [-0.4, -0.2) is 74.4 Å². The zero-order chi connectivity index (χ0) is 17.7. The highest BCUT2D eigenvalue weighted by Crippen LogP contribution is 2.25. The lowest BCUT2D eigenvalue weighted by Crippen LogP contribution is -2.48. The molecule has 9 heteroatoms. The zero-order valence-electron chi connectivity index (χ0n) is 13.9. The van der Waals surface area contributed by atoms with Crippen molar-refractivity contribution in [2.24, 2.45) is 0 Å². The van der Waals surface area contributed by atoms with Crippen molar-refractivity contribution in [2.45, 2.75) is 18.1 Å². The van der Waals surface area contributed by atoms with E-state index in [4.69, 9.17) is 4.74 Å². The smallest absolute Gasteiger partial charge is 0.339 e. The molecule has 24 heavy (non-hydrogen) atoms. The maximum Gasteiger partial charge on any atom is 0.339 e. The van der Waals surface area contributed by atoms with Crippen LogP contribution in [-0.2, 0) is 14.8 Å². The minimum Gasteiger partial charge on any atom is -0.478 e. The molecule has 1 aliphatic rings. The molecule has 0 spiro atoms. The molecule has 2 heterocycles. The van der Waals surface area contributed by atoms with Gasteiger partial charge in [-0.15, -0.1) is 0 Å². The fourth-order valence-corrected chi connectivity index (χ4v) is 4.46. The predicted molar refractivity (Wildman–Crippen MR) is 89.9 cm³/mol. The quantitative estimate of drug-likeness (QED) is 0.765. The summed E-state index contributed by atoms with van der Waals surface area (Å²) in [6, 6.07) is 3.04. The number of hydrogen-bond acceptors (Lipinski definition) is 6. The summed E-state index contributed by atoms with van der Waals surface area (Å²) in [5.74, 6) is -0.746. The Bertz CT molecular complexity index is 679. The van der Waals surface area contributed by atoms with Crippen molar-refractivity contribution in [1.82, 2.24) is 9.29 Å². The minimum atomic E-state index is -3.47. The molecule has 1 unspecified atom stereocenters. The topological polar surface area (TPSA) is 100 Å². The third-order valence-electron chi connectivity index (χ3n) is 4.16. The molecule has 0 radical (unpaired) electrons. The number of hydrogen-bond donors (Lipinski definition) is 1. The van der Waals surface area contributed by atoms with E-state index in [0.717, 1.165) is 0 Å². The average molecular weight is 357 g/mol. The fraction of sp³-hybridized carbons (Fsp3) is 0.600. The van der Waals surface area contributed by atoms with E-state index >= 15 is 0 Å². The van der Waals surface area contributed by atoms with Crippen LogP contribution in [0.4, 0.5) is 5.82 Å². The van der Waals surface area contributed by atoms with E-state index in [1.807, 2.05) is 0 Å². The van der Waals surface area contributed by atoms with Crippen LogP contribution in [0.1, 0.15) is 23.2 Å². The Labute approximate surface area is 142 Å². The van der Waals surface area contributed by atoms with Gasteiger partial charge in [-0.1, -0.05) is 0 Å². The number of nitrogens with zero attached hydrogens (tertiary/aromatic N) is 3. The third kappa shape index (κ3) is 4.03. The number of carboxylic acids is 1. The molecule has 1 aliphatic heterocycles. The Hall–Kier alpha value is -1.71. The van der Waals surface area contributed by atoms with Crippen LogP contribution in [0.25, 0.3) is 0 Å². The number of pyridine rings is 1. The number of aromatic nitrogens is 1. The first-order chi connectivity index (χ1) is 11.4. The van der Waals surface area contributed by atoms with Crippen LogP contribution in [0.2, 0.25) is 0 Å². The number of sulfonamides is 1. The predicted octanol–water partition coefficient (Wildman–Crippen LogP) is 0.657. The molecule has 0 bridgehead atoms. The molecule has 1 aromatic rings. The van der Waals surface area contributed by atoms with Gasteiger partial charge >= 0.3 is 5.97 Å². The van der Waals surface area contributed by atoms with Crippen LogP contribution >= 0.6 is 0 Å². The van der Waals surface area contributed by atoms with E-state index in [1.54, 1.807) is 11.0 Å². The van der Waals surface area contributed by atoms with E-state index in [-0.39, 0.29) is 12.1 Å². The van der Waals surface area contributed by atoms with E-state index in [9.17, 15) is 18.3 Å². The highest BCUT2D eigenvalue weighted by atomic mass is 32.2. The highest BCUT2D eigenvalue weighted by Gasteiger charge is 2.35. The normalized spacial score (nSPS) is 18.8. The Morgan fingerprint density at radius 3 is 2.96 bits per heavy atom. The lowest BCUT2D eigenvalue weighted by molar-refractivity contribution is 0.0697. The molecule has 0 saturated carbocycles. The van der Waals surface area contributed by atoms with E-state index in [0.29, 0.717) is 38.4 Å². The lowest BCUT2D eigenvalue weighted by atomic mass is 10.1. The summed E-state index contributed by atoms with van der Waals surface area (Å²) >= 11 is 0. The van der Waals surface area contributed by atoms with Crippen LogP contribution < -0.4 is 4.90 Å². The Balaban J connectivity index is 2.19. The molecule has 8 nitrogen and oxygen atoms in total. The van der Waals surface area contributed by atoms with Gasteiger partial charge in [-0.05, 0) is 25.0 Å². The molecule has 134 valence electrons. The monoisotopic (exact) mass is 357 g/mol. The number of likely N-dealkylation sites (N-methyl/N-ethyl adjacent to an activating group) is 1. The van der Waals surface area contributed by atoms with Crippen LogP contribution in [0, 0.1) is 0 Å². The molecule has 0 amide bonds. The molecule has 2 rings (SSSR count). The van der Waals surface area contributed by atoms with Gasteiger partial charge in [0.05, 0.1) is 11.9 Å². The highest BCUT2D eigenvalue weighted by molar-refractivity contribution is 7.89. The average Bonchev–Trinajstić information content (AvgIpc) is 2.59. The molecular weight excluding hydrogens is 334 g/mol. The van der Waals surface area contributed by atoms with Gasteiger partial charge in [0.25, 0.3) is 0 Å². The minimum absolute atomic E-state index is 0.0864. The van der Waals surface area contributed by atoms with Gasteiger partial charge in [0.15, 0.2) is 0 Å². The van der Waals surface area contributed by atoms with Crippen molar-refractivity contribution < 1.29 is 23.1 Å². The van der Waals surface area contributed by atoms with Gasteiger partial charge in [0.2, 0.25) is 10.0 Å². The van der Waals surface area contributed by atoms with Crippen LogP contribution in [0.3, 0.4) is 0 Å². The number of piperidine rings is 1. The first-order valence-electron chi connectivity index (χ1n) is 7.75. The van der Waals surface area contributed by atoms with Crippen molar-refractivity contribution in [3.05, 3.63) is 23.9 Å². The van der Waals surface area contributed by atoms with Crippen molar-refractivity contribution >= 4 is 21.8 Å². The molecule has 1 fully saturated rings. The van der Waals surface area contributed by atoms with Gasteiger partial charge in [-0.25, -0.2) is 22.5 Å². The number of carbonyl (C=O) groups is 1. The summed E-state index contributed by atoms with van der Waals surface area (Å²) < 4.78 is 31.6. The summed E-state index contributed by atoms with van der Waals surface area (Å²) in [5.41, 5.74) is 0.0864. The molecule has 0 aromatic carbocycles. The summed E-state index contributed by atoms with van der Waals surface area (Å²) in [5, 5.41) is 8.71. The summed E-state index contributed by atoms with van der Waals surface area (Å²) in [6.07, 6.45) is 2.73. The maximum absolute atomic E-state index is 12.7.